The molecule has 0 radical (unpaired) electrons. The average Bonchev–Trinajstić information content (AvgIpc) is 3.23. The first-order valence-electron chi connectivity index (χ1n) is 7.51. The van der Waals surface area contributed by atoms with E-state index in [1.165, 1.54) is 5.56 Å². The first kappa shape index (κ1) is 15.7. The highest BCUT2D eigenvalue weighted by atomic mass is 16.2. The molecule has 9 nitrogen and oxygen atoms in total. The van der Waals surface area contributed by atoms with Crippen molar-refractivity contribution in [2.24, 2.45) is 0 Å². The van der Waals surface area contributed by atoms with E-state index in [0.29, 0.717) is 12.4 Å². The zero-order valence-electron chi connectivity index (χ0n) is 13.1. The fourth-order valence-corrected chi connectivity index (χ4v) is 2.23. The van der Waals surface area contributed by atoms with Crippen molar-refractivity contribution in [1.29, 1.82) is 0 Å². The van der Waals surface area contributed by atoms with Gasteiger partial charge in [-0.25, -0.2) is 9.89 Å². The second kappa shape index (κ2) is 6.90. The van der Waals surface area contributed by atoms with Crippen LogP contribution in [-0.2, 0) is 13.0 Å². The van der Waals surface area contributed by atoms with Crippen LogP contribution < -0.4 is 11.0 Å². The van der Waals surface area contributed by atoms with Gasteiger partial charge in [0.1, 0.15) is 0 Å². The largest absolute Gasteiger partial charge is 0.341 e. The zero-order valence-corrected chi connectivity index (χ0v) is 13.1. The molecule has 124 valence electrons. The molecule has 2 aromatic heterocycles. The molecule has 1 unspecified atom stereocenters. The predicted molar refractivity (Wildman–Crippen MR) is 85.3 cm³/mol. The second-order valence-electron chi connectivity index (χ2n) is 5.36. The van der Waals surface area contributed by atoms with Crippen molar-refractivity contribution < 1.29 is 4.79 Å². The van der Waals surface area contributed by atoms with Gasteiger partial charge in [0.05, 0.1) is 12.2 Å². The van der Waals surface area contributed by atoms with Crippen LogP contribution in [0.1, 0.15) is 34.8 Å². The Morgan fingerprint density at radius 3 is 2.83 bits per heavy atom. The van der Waals surface area contributed by atoms with Crippen molar-refractivity contribution in [2.45, 2.75) is 25.9 Å². The fraction of sp³-hybridized carbons (Fsp3) is 0.267. The summed E-state index contributed by atoms with van der Waals surface area (Å²) in [6.45, 7) is 2.34. The number of nitrogens with zero attached hydrogens (tertiary/aromatic N) is 4. The van der Waals surface area contributed by atoms with Crippen molar-refractivity contribution in [3.05, 3.63) is 64.1 Å². The standard InChI is InChI=1S/C15H17N7O2/c1-10(13-17-15(24)20-19-13)16-14(23)12-9-22(21-18-12)8-7-11-5-3-2-4-6-11/h2-6,9-10H,7-8H2,1H3,(H,16,23)(H2,17,19,20,24). The molecular weight excluding hydrogens is 310 g/mol. The molecule has 0 fully saturated rings. The van der Waals surface area contributed by atoms with Gasteiger partial charge in [0.25, 0.3) is 5.91 Å². The van der Waals surface area contributed by atoms with Gasteiger partial charge >= 0.3 is 5.69 Å². The van der Waals surface area contributed by atoms with Gasteiger partial charge in [0.15, 0.2) is 11.5 Å². The molecule has 0 saturated heterocycles. The number of rotatable bonds is 6. The minimum absolute atomic E-state index is 0.216. The minimum atomic E-state index is -0.453. The number of benzene rings is 1. The average molecular weight is 327 g/mol. The molecule has 9 heteroatoms. The first-order valence-corrected chi connectivity index (χ1v) is 7.51. The van der Waals surface area contributed by atoms with Crippen LogP contribution in [0.4, 0.5) is 0 Å². The number of H-pyrrole nitrogens is 2. The van der Waals surface area contributed by atoms with Crippen LogP contribution >= 0.6 is 0 Å². The van der Waals surface area contributed by atoms with E-state index in [2.05, 4.69) is 30.8 Å². The molecule has 24 heavy (non-hydrogen) atoms. The lowest BCUT2D eigenvalue weighted by Gasteiger charge is -2.08. The Balaban J connectivity index is 1.58. The summed E-state index contributed by atoms with van der Waals surface area (Å²) < 4.78 is 1.63. The maximum absolute atomic E-state index is 12.2. The highest BCUT2D eigenvalue weighted by Gasteiger charge is 2.16. The third-order valence-corrected chi connectivity index (χ3v) is 3.52. The molecule has 1 aromatic carbocycles. The Morgan fingerprint density at radius 1 is 1.33 bits per heavy atom. The number of aromatic amines is 2. The topological polar surface area (TPSA) is 121 Å². The summed E-state index contributed by atoms with van der Waals surface area (Å²) in [5.41, 5.74) is 0.987. The smallest absolute Gasteiger partial charge is 0.340 e. The molecule has 2 heterocycles. The summed E-state index contributed by atoms with van der Waals surface area (Å²) in [7, 11) is 0. The molecule has 3 aromatic rings. The summed E-state index contributed by atoms with van der Waals surface area (Å²) in [4.78, 5) is 25.7. The van der Waals surface area contributed by atoms with E-state index in [1.807, 2.05) is 30.3 Å². The summed E-state index contributed by atoms with van der Waals surface area (Å²) in [6.07, 6.45) is 2.40. The highest BCUT2D eigenvalue weighted by molar-refractivity contribution is 5.92. The third kappa shape index (κ3) is 3.75. The Kier molecular flexibility index (Phi) is 4.50. The summed E-state index contributed by atoms with van der Waals surface area (Å²) in [5, 5.41) is 16.6. The van der Waals surface area contributed by atoms with E-state index >= 15 is 0 Å². The van der Waals surface area contributed by atoms with E-state index in [0.717, 1.165) is 6.42 Å². The van der Waals surface area contributed by atoms with Crippen LogP contribution in [0.2, 0.25) is 0 Å². The lowest BCUT2D eigenvalue weighted by molar-refractivity contribution is 0.0933. The van der Waals surface area contributed by atoms with Gasteiger partial charge in [-0.3, -0.25) is 14.5 Å². The Morgan fingerprint density at radius 2 is 2.12 bits per heavy atom. The quantitative estimate of drug-likeness (QED) is 0.606. The number of carbonyl (C=O) groups excluding carboxylic acids is 1. The molecule has 0 saturated carbocycles. The minimum Gasteiger partial charge on any atom is -0.341 e. The van der Waals surface area contributed by atoms with Crippen LogP contribution in [0.15, 0.2) is 41.3 Å². The van der Waals surface area contributed by atoms with Gasteiger partial charge in [0, 0.05) is 6.54 Å². The third-order valence-electron chi connectivity index (χ3n) is 3.52. The number of aromatic nitrogens is 6. The number of amides is 1. The molecule has 0 bridgehead atoms. The molecular formula is C15H17N7O2. The lowest BCUT2D eigenvalue weighted by Crippen LogP contribution is -2.28. The Hall–Kier alpha value is -3.23. The van der Waals surface area contributed by atoms with Gasteiger partial charge in [-0.15, -0.1) is 5.10 Å². The summed E-state index contributed by atoms with van der Waals surface area (Å²) in [5.74, 6) is -0.0258. The number of nitrogens with one attached hydrogen (secondary N) is 3. The van der Waals surface area contributed by atoms with E-state index in [4.69, 9.17) is 0 Å². The maximum atomic E-state index is 12.2. The molecule has 0 spiro atoms. The van der Waals surface area contributed by atoms with E-state index in [9.17, 15) is 9.59 Å². The normalized spacial score (nSPS) is 12.0. The molecule has 1 amide bonds. The van der Waals surface area contributed by atoms with Crippen LogP contribution in [0.3, 0.4) is 0 Å². The van der Waals surface area contributed by atoms with Crippen molar-refractivity contribution >= 4 is 5.91 Å². The van der Waals surface area contributed by atoms with Crippen LogP contribution in [-0.4, -0.2) is 36.1 Å². The van der Waals surface area contributed by atoms with E-state index < -0.39 is 11.7 Å². The molecule has 3 N–H and O–H groups in total. The predicted octanol–water partition coefficient (Wildman–Crippen LogP) is 0.423. The summed E-state index contributed by atoms with van der Waals surface area (Å²) in [6, 6.07) is 9.56. The number of hydrogen-bond acceptors (Lipinski definition) is 5. The highest BCUT2D eigenvalue weighted by Crippen LogP contribution is 2.05. The first-order chi connectivity index (χ1) is 11.6. The molecule has 3 rings (SSSR count). The van der Waals surface area contributed by atoms with Gasteiger partial charge in [-0.2, -0.15) is 5.10 Å². The van der Waals surface area contributed by atoms with Gasteiger partial charge in [-0.1, -0.05) is 35.5 Å². The van der Waals surface area contributed by atoms with Gasteiger partial charge < -0.3 is 5.32 Å². The van der Waals surface area contributed by atoms with E-state index in [1.54, 1.807) is 17.8 Å². The van der Waals surface area contributed by atoms with Crippen molar-refractivity contribution in [3.63, 3.8) is 0 Å². The van der Waals surface area contributed by atoms with Crippen molar-refractivity contribution in [1.82, 2.24) is 35.5 Å². The summed E-state index contributed by atoms with van der Waals surface area (Å²) >= 11 is 0. The van der Waals surface area contributed by atoms with Crippen LogP contribution in [0.5, 0.6) is 0 Å². The van der Waals surface area contributed by atoms with Gasteiger partial charge in [0.2, 0.25) is 0 Å². The van der Waals surface area contributed by atoms with E-state index in [-0.39, 0.29) is 11.6 Å². The lowest BCUT2D eigenvalue weighted by atomic mass is 10.1. The van der Waals surface area contributed by atoms with Gasteiger partial charge in [-0.05, 0) is 18.9 Å². The van der Waals surface area contributed by atoms with Crippen LogP contribution in [0.25, 0.3) is 0 Å². The molecule has 0 aliphatic carbocycles. The zero-order chi connectivity index (χ0) is 16.9. The van der Waals surface area contributed by atoms with Crippen LogP contribution in [0, 0.1) is 0 Å². The molecule has 1 atom stereocenters. The monoisotopic (exact) mass is 327 g/mol. The maximum Gasteiger partial charge on any atom is 0.340 e. The molecule has 0 aliphatic rings. The number of carbonyl (C=O) groups is 1. The fourth-order valence-electron chi connectivity index (χ4n) is 2.23. The second-order valence-corrected chi connectivity index (χ2v) is 5.36. The number of aryl methyl sites for hydroxylation is 2. The Bertz CT molecular complexity index is 865. The van der Waals surface area contributed by atoms with Crippen molar-refractivity contribution in [2.75, 3.05) is 0 Å². The SMILES string of the molecule is CC(NC(=O)c1cn(CCc2ccccc2)nn1)c1n[nH]c(=O)[nH]1. The number of hydrogen-bond donors (Lipinski definition) is 3. The Labute approximate surface area is 137 Å². The van der Waals surface area contributed by atoms with Crippen molar-refractivity contribution in [3.8, 4) is 0 Å². The molecule has 0 aliphatic heterocycles.